The molecule has 0 saturated carbocycles. The number of aromatic nitrogens is 4. The summed E-state index contributed by atoms with van der Waals surface area (Å²) in [4.78, 5) is 9.34. The number of aryl methyl sites for hydroxylation is 2. The Morgan fingerprint density at radius 1 is 0.276 bits per heavy atom. The number of benzene rings is 9. The topological polar surface area (TPSA) is 59.4 Å². The van der Waals surface area contributed by atoms with Crippen LogP contribution in [0.1, 0.15) is 61.5 Å². The Balaban J connectivity index is 1.28. The molecular formula is C69H33F24N5. The number of hydrogen-bond donors (Lipinski definition) is 0. The van der Waals surface area contributed by atoms with Crippen molar-refractivity contribution in [2.24, 2.45) is 0 Å². The summed E-state index contributed by atoms with van der Waals surface area (Å²) < 4.78 is 351. The van der Waals surface area contributed by atoms with Gasteiger partial charge < -0.3 is 9.13 Å². The van der Waals surface area contributed by atoms with E-state index in [1.54, 1.807) is 0 Å². The lowest BCUT2D eigenvalue weighted by atomic mass is 9.97. The zero-order valence-electron chi connectivity index (χ0n) is 48.9. The predicted molar refractivity (Wildman–Crippen MR) is 312 cm³/mol. The molecule has 0 radical (unpaired) electrons. The van der Waals surface area contributed by atoms with Gasteiger partial charge in [0.05, 0.1) is 95.1 Å². The van der Waals surface area contributed by atoms with E-state index in [1.165, 1.54) is 44.2 Å². The molecule has 0 spiro atoms. The molecule has 0 amide bonds. The van der Waals surface area contributed by atoms with E-state index in [4.69, 9.17) is 0 Å². The minimum atomic E-state index is -5.41. The van der Waals surface area contributed by atoms with Gasteiger partial charge in [-0.25, -0.2) is 9.97 Å². The van der Waals surface area contributed by atoms with Crippen molar-refractivity contribution in [1.82, 2.24) is 19.1 Å². The minimum absolute atomic E-state index is 0.0145. The van der Waals surface area contributed by atoms with Gasteiger partial charge in [0.15, 0.2) is 5.82 Å². The molecule has 0 unspecified atom stereocenters. The zero-order chi connectivity index (χ0) is 71.3. The maximum absolute atomic E-state index is 14.5. The fourth-order valence-electron chi connectivity index (χ4n) is 11.9. The number of fused-ring (bicyclic) bond motifs is 6. The summed E-state index contributed by atoms with van der Waals surface area (Å²) in [7, 11) is 0. The molecule has 0 atom stereocenters. The van der Waals surface area contributed by atoms with Crippen LogP contribution < -0.4 is 0 Å². The molecule has 29 heteroatoms. The van der Waals surface area contributed by atoms with Crippen LogP contribution in [0.4, 0.5) is 105 Å². The third-order valence-electron chi connectivity index (χ3n) is 16.1. The van der Waals surface area contributed by atoms with Gasteiger partial charge in [-0.3, -0.25) is 0 Å². The highest BCUT2D eigenvalue weighted by molar-refractivity contribution is 6.14. The van der Waals surface area contributed by atoms with E-state index in [1.807, 2.05) is 6.07 Å². The molecule has 0 aliphatic heterocycles. The Kier molecular flexibility index (Phi) is 15.7. The molecule has 3 heterocycles. The van der Waals surface area contributed by atoms with E-state index in [9.17, 15) is 111 Å². The molecule has 0 fully saturated rings. The first kappa shape index (κ1) is 67.5. The average Bonchev–Trinajstić information content (AvgIpc) is 1.54. The zero-order valence-corrected chi connectivity index (χ0v) is 48.9. The van der Waals surface area contributed by atoms with Gasteiger partial charge in [0.1, 0.15) is 0 Å². The smallest absolute Gasteiger partial charge is 0.308 e. The number of rotatable bonds is 7. The van der Waals surface area contributed by atoms with Crippen molar-refractivity contribution < 1.29 is 105 Å². The molecule has 5 nitrogen and oxygen atoms in total. The molecule has 9 aromatic carbocycles. The van der Waals surface area contributed by atoms with Gasteiger partial charge in [-0.05, 0) is 174 Å². The number of nitriles is 1. The maximum Gasteiger partial charge on any atom is 0.416 e. The monoisotopic (exact) mass is 1390 g/mol. The summed E-state index contributed by atoms with van der Waals surface area (Å²) >= 11 is 0. The van der Waals surface area contributed by atoms with Gasteiger partial charge in [0.25, 0.3) is 0 Å². The molecule has 0 aliphatic rings. The first-order valence-corrected chi connectivity index (χ1v) is 28.1. The Bertz CT molecular complexity index is 4600. The third-order valence-corrected chi connectivity index (χ3v) is 16.1. The maximum atomic E-state index is 14.5. The highest BCUT2D eigenvalue weighted by Gasteiger charge is 2.42. The van der Waals surface area contributed by atoms with Crippen molar-refractivity contribution in [2.75, 3.05) is 0 Å². The van der Waals surface area contributed by atoms with Gasteiger partial charge in [-0.2, -0.15) is 111 Å². The molecule has 0 aliphatic carbocycles. The van der Waals surface area contributed by atoms with E-state index in [-0.39, 0.29) is 84.8 Å². The molecule has 12 rings (SSSR count). The summed E-state index contributed by atoms with van der Waals surface area (Å²) in [6.07, 6.45) is -43.3. The predicted octanol–water partition coefficient (Wildman–Crippen LogP) is 23.6. The van der Waals surface area contributed by atoms with Crippen molar-refractivity contribution in [3.8, 4) is 73.3 Å². The van der Waals surface area contributed by atoms with Gasteiger partial charge in [-0.1, -0.05) is 48.5 Å². The number of nitrogens with zero attached hydrogens (tertiary/aromatic N) is 5. The Morgan fingerprint density at radius 3 is 0.684 bits per heavy atom. The van der Waals surface area contributed by atoms with Crippen LogP contribution in [0, 0.1) is 25.2 Å². The highest BCUT2D eigenvalue weighted by Crippen LogP contribution is 2.49. The average molecular weight is 1390 g/mol. The van der Waals surface area contributed by atoms with Crippen LogP contribution in [0.2, 0.25) is 0 Å². The van der Waals surface area contributed by atoms with Crippen LogP contribution in [0.3, 0.4) is 0 Å². The second-order valence-electron chi connectivity index (χ2n) is 22.8. The summed E-state index contributed by atoms with van der Waals surface area (Å²) in [5.74, 6) is -0.414. The van der Waals surface area contributed by atoms with Crippen LogP contribution in [-0.2, 0) is 49.4 Å². The van der Waals surface area contributed by atoms with Crippen LogP contribution in [0.15, 0.2) is 164 Å². The molecule has 3 aromatic heterocycles. The van der Waals surface area contributed by atoms with Gasteiger partial charge in [0.2, 0.25) is 0 Å². The van der Waals surface area contributed by atoms with Crippen LogP contribution in [0.25, 0.3) is 111 Å². The number of halogens is 24. The molecule has 12 aromatic rings. The van der Waals surface area contributed by atoms with Gasteiger partial charge in [0, 0.05) is 32.9 Å². The minimum Gasteiger partial charge on any atom is -0.308 e. The summed E-state index contributed by atoms with van der Waals surface area (Å²) in [5, 5.41) is 11.1. The Hall–Kier alpha value is -10.5. The largest absolute Gasteiger partial charge is 0.416 e. The van der Waals surface area contributed by atoms with E-state index >= 15 is 0 Å². The van der Waals surface area contributed by atoms with Crippen molar-refractivity contribution in [3.05, 3.63) is 225 Å². The lowest BCUT2D eigenvalue weighted by Gasteiger charge is -2.21. The molecule has 0 saturated heterocycles. The fourth-order valence-corrected chi connectivity index (χ4v) is 11.9. The molecule has 0 bridgehead atoms. The second-order valence-corrected chi connectivity index (χ2v) is 22.8. The van der Waals surface area contributed by atoms with Crippen molar-refractivity contribution in [2.45, 2.75) is 63.3 Å². The van der Waals surface area contributed by atoms with Crippen LogP contribution in [0.5, 0.6) is 0 Å². The highest BCUT2D eigenvalue weighted by atomic mass is 19.4. The standard InChI is InChI=1S/C69H33F24N5/c1-31-11-32(2)96-61(95-31)60-58(97-54-22-34(38-14-42(62(70,71)72)26-43(15-38)63(73,74)75)3-7-50(54)51-8-4-35(23-55(51)97)39-16-44(64(76,77)78)27-45(17-39)65(79,80)81)12-33(30-94)13-59(60)98-56-24-36(40-18-46(66(82,83)84)28-47(19-40)67(85,86)87)5-9-52(56)53-10-6-37(25-57(53)98)41-20-48(68(88,89)90)29-49(21-41)69(91,92)93/h3-29H,1-2H3. The van der Waals surface area contributed by atoms with E-state index in [0.29, 0.717) is 48.5 Å². The van der Waals surface area contributed by atoms with E-state index in [2.05, 4.69) is 9.97 Å². The van der Waals surface area contributed by atoms with Crippen molar-refractivity contribution in [1.29, 1.82) is 5.26 Å². The Labute approximate surface area is 533 Å². The second kappa shape index (κ2) is 22.8. The third kappa shape index (κ3) is 12.7. The Morgan fingerprint density at radius 2 is 0.490 bits per heavy atom. The van der Waals surface area contributed by atoms with E-state index in [0.717, 1.165) is 69.8 Å². The van der Waals surface area contributed by atoms with Crippen molar-refractivity contribution >= 4 is 43.6 Å². The molecule has 0 N–H and O–H groups in total. The first-order chi connectivity index (χ1) is 45.3. The van der Waals surface area contributed by atoms with Crippen LogP contribution in [-0.4, -0.2) is 19.1 Å². The summed E-state index contributed by atoms with van der Waals surface area (Å²) in [6.45, 7) is 2.87. The quantitative estimate of drug-likeness (QED) is 0.149. The van der Waals surface area contributed by atoms with Gasteiger partial charge >= 0.3 is 49.4 Å². The summed E-state index contributed by atoms with van der Waals surface area (Å²) in [5.41, 5.74) is -21.4. The van der Waals surface area contributed by atoms with Crippen LogP contribution >= 0.6 is 0 Å². The summed E-state index contributed by atoms with van der Waals surface area (Å²) in [6, 6.07) is 21.1. The number of alkyl halides is 24. The number of hydrogen-bond acceptors (Lipinski definition) is 3. The SMILES string of the molecule is Cc1cc(C)nc(-c2c(-n3c4cc(-c5cc(C(F)(F)F)cc(C(F)(F)F)c5)ccc4c4ccc(-c5cc(C(F)(F)F)cc(C(F)(F)F)c5)cc43)cc(C#N)cc2-n2c3cc(-c4cc(C(F)(F)F)cc(C(F)(F)F)c4)ccc3c3ccc(-c4cc(C(F)(F)F)cc(C(F)(F)F)c4)cc32)n1. The molecule has 98 heavy (non-hydrogen) atoms. The van der Waals surface area contributed by atoms with Gasteiger partial charge in [-0.15, -0.1) is 0 Å². The van der Waals surface area contributed by atoms with E-state index < -0.39 is 161 Å². The molecular weight excluding hydrogens is 1350 g/mol. The lowest BCUT2D eigenvalue weighted by molar-refractivity contribution is -0.144. The first-order valence-electron chi connectivity index (χ1n) is 28.1. The molecule has 502 valence electrons. The fraction of sp³-hybridized carbons (Fsp3) is 0.145. The van der Waals surface area contributed by atoms with Crippen molar-refractivity contribution in [3.63, 3.8) is 0 Å². The lowest BCUT2D eigenvalue weighted by Crippen LogP contribution is -2.11. The normalized spacial score (nSPS) is 13.2.